The van der Waals surface area contributed by atoms with E-state index in [2.05, 4.69) is 30.8 Å². The minimum atomic E-state index is -0.598. The molecule has 4 heterocycles. The van der Waals surface area contributed by atoms with Crippen LogP contribution in [0.2, 0.25) is 10.0 Å². The van der Waals surface area contributed by atoms with Crippen LogP contribution in [0.5, 0.6) is 5.75 Å². The molecule has 3 atom stereocenters. The van der Waals surface area contributed by atoms with Crippen molar-refractivity contribution >= 4 is 28.9 Å². The fraction of sp³-hybridized carbons (Fsp3) is 0.414. The average molecular weight is 583 g/mol. The number of aromatic nitrogens is 3. The SMILES string of the molecule is COc1cc(N2[C@@H]3CC[C@H]2CC(OCc2c(-c4c(Cl)cccc4Cl)noc2C2CC2)C3)ccc1-c1noc(=O)[nH]1. The molecule has 1 aliphatic carbocycles. The summed E-state index contributed by atoms with van der Waals surface area (Å²) in [6, 6.07) is 12.1. The zero-order valence-electron chi connectivity index (χ0n) is 21.9. The first kappa shape index (κ1) is 25.7. The van der Waals surface area contributed by atoms with E-state index >= 15 is 0 Å². The predicted molar refractivity (Wildman–Crippen MR) is 150 cm³/mol. The van der Waals surface area contributed by atoms with Crippen molar-refractivity contribution in [1.82, 2.24) is 15.3 Å². The summed E-state index contributed by atoms with van der Waals surface area (Å²) < 4.78 is 22.7. The summed E-state index contributed by atoms with van der Waals surface area (Å²) in [5.74, 6) is 1.66. The Morgan fingerprint density at radius 1 is 1.02 bits per heavy atom. The lowest BCUT2D eigenvalue weighted by atomic mass is 9.98. The molecule has 208 valence electrons. The highest BCUT2D eigenvalue weighted by molar-refractivity contribution is 6.39. The summed E-state index contributed by atoms with van der Waals surface area (Å²) in [4.78, 5) is 16.5. The molecule has 3 aliphatic rings. The number of H-pyrrole nitrogens is 1. The number of halogens is 2. The van der Waals surface area contributed by atoms with Crippen LogP contribution in [0.25, 0.3) is 22.6 Å². The normalized spacial score (nSPS) is 22.2. The molecule has 7 rings (SSSR count). The Kier molecular flexibility index (Phi) is 6.60. The second-order valence-corrected chi connectivity index (χ2v) is 11.6. The Balaban J connectivity index is 1.09. The number of anilines is 1. The number of hydrogen-bond acceptors (Lipinski definition) is 8. The first-order chi connectivity index (χ1) is 19.5. The summed E-state index contributed by atoms with van der Waals surface area (Å²) >= 11 is 13.1. The van der Waals surface area contributed by atoms with Gasteiger partial charge in [0.05, 0.1) is 35.4 Å². The summed E-state index contributed by atoms with van der Waals surface area (Å²) in [5, 5.41) is 9.30. The van der Waals surface area contributed by atoms with Gasteiger partial charge in [-0.05, 0) is 62.8 Å². The van der Waals surface area contributed by atoms with Crippen molar-refractivity contribution in [3.63, 3.8) is 0 Å². The average Bonchev–Trinajstić information content (AvgIpc) is 3.48. The number of nitrogens with one attached hydrogen (secondary N) is 1. The zero-order valence-corrected chi connectivity index (χ0v) is 23.4. The van der Waals surface area contributed by atoms with E-state index < -0.39 is 5.76 Å². The molecule has 3 fully saturated rings. The maximum absolute atomic E-state index is 11.4. The van der Waals surface area contributed by atoms with E-state index in [1.54, 1.807) is 7.11 Å². The Morgan fingerprint density at radius 2 is 1.77 bits per heavy atom. The number of rotatable bonds is 8. The maximum Gasteiger partial charge on any atom is 0.439 e. The van der Waals surface area contributed by atoms with Gasteiger partial charge in [0.15, 0.2) is 5.82 Å². The third-order valence-electron chi connectivity index (χ3n) is 8.30. The molecule has 4 aromatic rings. The summed E-state index contributed by atoms with van der Waals surface area (Å²) in [6.45, 7) is 0.411. The van der Waals surface area contributed by atoms with Gasteiger partial charge in [0.1, 0.15) is 17.2 Å². The number of aromatic amines is 1. The van der Waals surface area contributed by atoms with Crippen molar-refractivity contribution in [3.05, 3.63) is 68.3 Å². The first-order valence-electron chi connectivity index (χ1n) is 13.6. The van der Waals surface area contributed by atoms with Crippen LogP contribution in [0, 0.1) is 0 Å². The van der Waals surface area contributed by atoms with Gasteiger partial charge in [-0.15, -0.1) is 0 Å². The van der Waals surface area contributed by atoms with Crippen LogP contribution in [-0.4, -0.2) is 40.6 Å². The Labute approximate surface area is 240 Å². The molecule has 2 saturated heterocycles. The van der Waals surface area contributed by atoms with Gasteiger partial charge in [0.2, 0.25) is 0 Å². The Morgan fingerprint density at radius 3 is 2.42 bits per heavy atom. The number of benzene rings is 2. The van der Waals surface area contributed by atoms with Crippen molar-refractivity contribution in [2.24, 2.45) is 0 Å². The van der Waals surface area contributed by atoms with E-state index in [-0.39, 0.29) is 6.10 Å². The molecule has 1 unspecified atom stereocenters. The molecule has 2 aromatic heterocycles. The molecule has 1 N–H and O–H groups in total. The minimum Gasteiger partial charge on any atom is -0.496 e. The molecule has 0 spiro atoms. The van der Waals surface area contributed by atoms with Crippen LogP contribution in [-0.2, 0) is 11.3 Å². The molecule has 2 aliphatic heterocycles. The van der Waals surface area contributed by atoms with Crippen LogP contribution >= 0.6 is 23.2 Å². The largest absolute Gasteiger partial charge is 0.496 e. The zero-order chi connectivity index (χ0) is 27.4. The summed E-state index contributed by atoms with van der Waals surface area (Å²) in [5.41, 5.74) is 4.10. The van der Waals surface area contributed by atoms with Crippen LogP contribution < -0.4 is 15.4 Å². The van der Waals surface area contributed by atoms with Gasteiger partial charge in [0, 0.05) is 40.9 Å². The number of ether oxygens (including phenoxy) is 2. The van der Waals surface area contributed by atoms with Crippen molar-refractivity contribution in [1.29, 1.82) is 0 Å². The Hall–Kier alpha value is -3.27. The minimum absolute atomic E-state index is 0.117. The van der Waals surface area contributed by atoms with Gasteiger partial charge in [-0.2, -0.15) is 0 Å². The van der Waals surface area contributed by atoms with Crippen molar-refractivity contribution in [3.8, 4) is 28.4 Å². The number of hydrogen-bond donors (Lipinski definition) is 1. The van der Waals surface area contributed by atoms with Crippen LogP contribution in [0.4, 0.5) is 5.69 Å². The Bertz CT molecular complexity index is 1580. The van der Waals surface area contributed by atoms with E-state index in [0.717, 1.165) is 55.5 Å². The molecule has 0 radical (unpaired) electrons. The van der Waals surface area contributed by atoms with Gasteiger partial charge >= 0.3 is 5.76 Å². The summed E-state index contributed by atoms with van der Waals surface area (Å²) in [6.07, 6.45) is 6.35. The molecule has 2 bridgehead atoms. The third-order valence-corrected chi connectivity index (χ3v) is 8.93. The third kappa shape index (κ3) is 4.60. The van der Waals surface area contributed by atoms with Gasteiger partial charge in [-0.25, -0.2) is 4.79 Å². The predicted octanol–water partition coefficient (Wildman–Crippen LogP) is 6.59. The number of fused-ring (bicyclic) bond motifs is 2. The molecule has 1 saturated carbocycles. The second-order valence-electron chi connectivity index (χ2n) is 10.8. The van der Waals surface area contributed by atoms with Crippen molar-refractivity contribution in [2.75, 3.05) is 12.0 Å². The fourth-order valence-corrected chi connectivity index (χ4v) is 6.89. The highest BCUT2D eigenvalue weighted by atomic mass is 35.5. The van der Waals surface area contributed by atoms with Gasteiger partial charge in [0.25, 0.3) is 0 Å². The quantitative estimate of drug-likeness (QED) is 0.248. The van der Waals surface area contributed by atoms with Crippen LogP contribution in [0.15, 0.2) is 50.2 Å². The van der Waals surface area contributed by atoms with Crippen LogP contribution in [0.3, 0.4) is 0 Å². The van der Waals surface area contributed by atoms with E-state index in [4.69, 9.17) is 37.2 Å². The standard InChI is InChI=1S/C29H28Cl2N4O5/c1-37-24-13-18(9-10-20(24)28-32-29(36)40-34-28)35-16-7-8-17(35)12-19(11-16)38-14-21-26(33-39-27(21)15-5-6-15)25-22(30)3-2-4-23(25)31/h2-4,9-10,13,15-17,19H,5-8,11-12,14H2,1H3,(H,32,34,36)/t16-,17+,19?. The molecule has 40 heavy (non-hydrogen) atoms. The van der Waals surface area contributed by atoms with E-state index in [1.165, 1.54) is 0 Å². The van der Waals surface area contributed by atoms with Gasteiger partial charge in [-0.1, -0.05) is 39.6 Å². The number of methoxy groups -OCH3 is 1. The smallest absolute Gasteiger partial charge is 0.439 e. The molecule has 11 heteroatoms. The monoisotopic (exact) mass is 582 g/mol. The lowest BCUT2D eigenvalue weighted by molar-refractivity contribution is 0.0147. The first-order valence-corrected chi connectivity index (χ1v) is 14.3. The molecule has 0 amide bonds. The fourth-order valence-electron chi connectivity index (χ4n) is 6.32. The lowest BCUT2D eigenvalue weighted by Crippen LogP contribution is -2.45. The molecular weight excluding hydrogens is 555 g/mol. The van der Waals surface area contributed by atoms with E-state index in [1.807, 2.05) is 30.3 Å². The highest BCUT2D eigenvalue weighted by Crippen LogP contribution is 2.47. The van der Waals surface area contributed by atoms with Crippen molar-refractivity contribution < 1.29 is 18.5 Å². The number of nitrogens with zero attached hydrogens (tertiary/aromatic N) is 3. The van der Waals surface area contributed by atoms with Crippen LogP contribution in [0.1, 0.15) is 55.8 Å². The van der Waals surface area contributed by atoms with E-state index in [0.29, 0.717) is 63.0 Å². The lowest BCUT2D eigenvalue weighted by Gasteiger charge is -2.40. The van der Waals surface area contributed by atoms with Gasteiger partial charge in [-0.3, -0.25) is 9.51 Å². The molecular formula is C29H28Cl2N4O5. The van der Waals surface area contributed by atoms with E-state index in [9.17, 15) is 4.79 Å². The van der Waals surface area contributed by atoms with Crippen molar-refractivity contribution in [2.45, 2.75) is 69.2 Å². The second kappa shape index (κ2) is 10.3. The topological polar surface area (TPSA) is 107 Å². The molecule has 2 aromatic carbocycles. The highest BCUT2D eigenvalue weighted by Gasteiger charge is 2.42. The number of piperidine rings is 1. The molecule has 9 nitrogen and oxygen atoms in total. The summed E-state index contributed by atoms with van der Waals surface area (Å²) in [7, 11) is 1.61. The maximum atomic E-state index is 11.4. The van der Waals surface area contributed by atoms with Gasteiger partial charge < -0.3 is 18.9 Å².